The van der Waals surface area contributed by atoms with Crippen LogP contribution in [0.15, 0.2) is 12.6 Å². The molecule has 0 aliphatic carbocycles. The second kappa shape index (κ2) is 2.87. The van der Waals surface area contributed by atoms with Crippen molar-refractivity contribution in [1.29, 1.82) is 0 Å². The summed E-state index contributed by atoms with van der Waals surface area (Å²) in [6.07, 6.45) is 0. The first-order valence-electron chi connectivity index (χ1n) is 1.52. The summed E-state index contributed by atoms with van der Waals surface area (Å²) in [5.74, 6) is 1.88. The molecule has 0 saturated carbocycles. The highest BCUT2D eigenvalue weighted by Crippen LogP contribution is 1.39. The lowest BCUT2D eigenvalue weighted by molar-refractivity contribution is 2.61. The SMILES string of the molecule is BBC=C. The number of hydrogen-bond donors (Lipinski definition) is 0. The molecule has 0 aliphatic heterocycles. The van der Waals surface area contributed by atoms with Crippen molar-refractivity contribution in [2.24, 2.45) is 0 Å². The number of hydrogen-bond acceptors (Lipinski definition) is 0. The Bertz CT molecular complexity index is 18.0. The fraction of sp³-hybridized carbons (Fsp3) is 0. The van der Waals surface area contributed by atoms with Gasteiger partial charge in [0.2, 0.25) is 0 Å². The van der Waals surface area contributed by atoms with E-state index in [0.717, 1.165) is 7.17 Å². The van der Waals surface area contributed by atoms with Crippen LogP contribution in [0.1, 0.15) is 0 Å². The van der Waals surface area contributed by atoms with E-state index >= 15 is 0 Å². The lowest BCUT2D eigenvalue weighted by Crippen LogP contribution is -1.73. The molecule has 0 rings (SSSR count). The van der Waals surface area contributed by atoms with Gasteiger partial charge in [-0.15, -0.1) is 12.6 Å². The van der Waals surface area contributed by atoms with E-state index in [1.54, 1.807) is 0 Å². The monoisotopic (exact) mass is 52.1 g/mol. The van der Waals surface area contributed by atoms with E-state index in [0.29, 0.717) is 0 Å². The molecule has 0 amide bonds. The largest absolute Gasteiger partial charge is 0.135 e. The van der Waals surface area contributed by atoms with E-state index in [9.17, 15) is 0 Å². The Morgan fingerprint density at radius 1 is 2.00 bits per heavy atom. The molecule has 0 fully saturated rings. The van der Waals surface area contributed by atoms with Crippen LogP contribution in [0.5, 0.6) is 0 Å². The first-order valence-corrected chi connectivity index (χ1v) is 1.52. The van der Waals surface area contributed by atoms with Crippen LogP contribution in [0.25, 0.3) is 0 Å². The van der Waals surface area contributed by atoms with Gasteiger partial charge in [-0.05, 0) is 0 Å². The Morgan fingerprint density at radius 3 is 2.25 bits per heavy atom. The Labute approximate surface area is 28.5 Å². The zero-order valence-electron chi connectivity index (χ0n) is 2.99. The highest BCUT2D eigenvalue weighted by atomic mass is 13.1. The van der Waals surface area contributed by atoms with Crippen LogP contribution in [-0.4, -0.2) is 14.9 Å². The van der Waals surface area contributed by atoms with Gasteiger partial charge in [0.15, 0.2) is 0 Å². The van der Waals surface area contributed by atoms with Crippen molar-refractivity contribution in [1.82, 2.24) is 0 Å². The molecule has 4 heavy (non-hydrogen) atoms. The van der Waals surface area contributed by atoms with Crippen molar-refractivity contribution in [3.8, 4) is 0 Å². The van der Waals surface area contributed by atoms with E-state index in [1.165, 1.54) is 0 Å². The van der Waals surface area contributed by atoms with Crippen LogP contribution in [0.2, 0.25) is 0 Å². The summed E-state index contributed by atoms with van der Waals surface area (Å²) >= 11 is 0. The highest BCUT2D eigenvalue weighted by Gasteiger charge is 1.53. The fourth-order valence-corrected chi connectivity index (χ4v) is 0. The lowest BCUT2D eigenvalue weighted by atomic mass is 9.56. The molecule has 0 saturated heterocycles. The molecule has 0 heterocycles. The van der Waals surface area contributed by atoms with Gasteiger partial charge >= 0.3 is 0 Å². The zero-order chi connectivity index (χ0) is 3.41. The van der Waals surface area contributed by atoms with E-state index in [1.807, 2.05) is 5.98 Å². The summed E-state index contributed by atoms with van der Waals surface area (Å²) in [5.41, 5.74) is 0. The molecule has 0 radical (unpaired) electrons. The predicted octanol–water partition coefficient (Wildman–Crippen LogP) is -0.886. The topological polar surface area (TPSA) is 0 Å². The van der Waals surface area contributed by atoms with Crippen LogP contribution in [0, 0.1) is 0 Å². The van der Waals surface area contributed by atoms with Crippen LogP contribution < -0.4 is 0 Å². The minimum Gasteiger partial charge on any atom is -0.135 e. The Kier molecular flexibility index (Phi) is 2.78. The van der Waals surface area contributed by atoms with Crippen LogP contribution >= 0.6 is 0 Å². The van der Waals surface area contributed by atoms with Crippen molar-refractivity contribution < 1.29 is 0 Å². The third kappa shape index (κ3) is 1.87. The minimum absolute atomic E-state index is 1.08. The van der Waals surface area contributed by atoms with Crippen molar-refractivity contribution in [2.45, 2.75) is 0 Å². The molecule has 0 unspecified atom stereocenters. The standard InChI is InChI=1S/C2H6B2/c1-2-4-3/h2,4H,1,3H2. The van der Waals surface area contributed by atoms with E-state index in [4.69, 9.17) is 0 Å². The molecular formula is C2H6B2. The lowest BCUT2D eigenvalue weighted by Gasteiger charge is -1.51. The summed E-state index contributed by atoms with van der Waals surface area (Å²) in [7, 11) is 3.15. The van der Waals surface area contributed by atoms with Gasteiger partial charge in [0.1, 0.15) is 7.17 Å². The Morgan fingerprint density at radius 2 is 2.25 bits per heavy atom. The molecule has 0 aromatic carbocycles. The quantitative estimate of drug-likeness (QED) is 0.339. The molecule has 0 aromatic rings. The van der Waals surface area contributed by atoms with Gasteiger partial charge in [-0.3, -0.25) is 0 Å². The second-order valence-corrected chi connectivity index (χ2v) is 0.697. The normalized spacial score (nSPS) is 5.00. The molecule has 0 aliphatic rings. The first-order chi connectivity index (χ1) is 1.91. The molecule has 20 valence electrons. The maximum absolute atomic E-state index is 3.48. The minimum atomic E-state index is 1.08. The van der Waals surface area contributed by atoms with E-state index < -0.39 is 0 Å². The van der Waals surface area contributed by atoms with Crippen LogP contribution in [0.3, 0.4) is 0 Å². The maximum Gasteiger partial charge on any atom is 0.108 e. The van der Waals surface area contributed by atoms with Crippen molar-refractivity contribution in [3.63, 3.8) is 0 Å². The smallest absolute Gasteiger partial charge is 0.108 e. The van der Waals surface area contributed by atoms with Crippen LogP contribution in [0.4, 0.5) is 0 Å². The molecule has 0 atom stereocenters. The van der Waals surface area contributed by atoms with Gasteiger partial charge in [0, 0.05) is 0 Å². The molecular weight excluding hydrogens is 45.6 g/mol. The average Bonchev–Trinajstić information content (AvgIpc) is 1.37. The second-order valence-electron chi connectivity index (χ2n) is 0.697. The summed E-state index contributed by atoms with van der Waals surface area (Å²) in [4.78, 5) is 0. The molecule has 0 spiro atoms. The average molecular weight is 51.7 g/mol. The summed E-state index contributed by atoms with van der Waals surface area (Å²) in [6, 6.07) is 0. The van der Waals surface area contributed by atoms with Gasteiger partial charge in [-0.2, -0.15) is 0 Å². The third-order valence-corrected chi connectivity index (χ3v) is 0.289. The van der Waals surface area contributed by atoms with Gasteiger partial charge in [0.05, 0.1) is 7.74 Å². The molecule has 0 nitrogen and oxygen atoms in total. The Hall–Kier alpha value is -0.130. The molecule has 0 bridgehead atoms. The van der Waals surface area contributed by atoms with E-state index in [-0.39, 0.29) is 0 Å². The van der Waals surface area contributed by atoms with Crippen molar-refractivity contribution in [3.05, 3.63) is 12.6 Å². The first kappa shape index (κ1) is 3.87. The third-order valence-electron chi connectivity index (χ3n) is 0.289. The molecule has 0 N–H and O–H groups in total. The zero-order valence-corrected chi connectivity index (χ0v) is 2.99. The summed E-state index contributed by atoms with van der Waals surface area (Å²) < 4.78 is 0. The van der Waals surface area contributed by atoms with Gasteiger partial charge < -0.3 is 0 Å². The van der Waals surface area contributed by atoms with Gasteiger partial charge in [0.25, 0.3) is 0 Å². The maximum atomic E-state index is 3.48. The summed E-state index contributed by atoms with van der Waals surface area (Å²) in [6.45, 7) is 3.48. The molecule has 0 aromatic heterocycles. The van der Waals surface area contributed by atoms with Crippen molar-refractivity contribution >= 4 is 14.9 Å². The molecule has 2 heteroatoms. The Balaban J connectivity index is 2.30. The fourth-order valence-electron chi connectivity index (χ4n) is 0. The number of rotatable bonds is 1. The van der Waals surface area contributed by atoms with Gasteiger partial charge in [-0.25, -0.2) is 0 Å². The van der Waals surface area contributed by atoms with Gasteiger partial charge in [-0.1, -0.05) is 0 Å². The summed E-state index contributed by atoms with van der Waals surface area (Å²) in [5, 5.41) is 0. The van der Waals surface area contributed by atoms with E-state index in [2.05, 4.69) is 14.3 Å². The predicted molar refractivity (Wildman–Crippen MR) is 25.9 cm³/mol. The van der Waals surface area contributed by atoms with Crippen molar-refractivity contribution in [2.75, 3.05) is 0 Å². The van der Waals surface area contributed by atoms with Crippen LogP contribution in [-0.2, 0) is 0 Å². The highest BCUT2D eigenvalue weighted by molar-refractivity contribution is 6.92.